The quantitative estimate of drug-likeness (QED) is 0.406. The van der Waals surface area contributed by atoms with Gasteiger partial charge >= 0.3 is 12.1 Å². The van der Waals surface area contributed by atoms with Gasteiger partial charge < -0.3 is 20.5 Å². The Labute approximate surface area is 203 Å². The first kappa shape index (κ1) is 24.0. The van der Waals surface area contributed by atoms with Gasteiger partial charge in [-0.2, -0.15) is 5.10 Å². The summed E-state index contributed by atoms with van der Waals surface area (Å²) in [7, 11) is 0. The number of benzene rings is 2. The number of alkyl carbamates (subject to hydrolysis) is 1. The number of amides is 2. The van der Waals surface area contributed by atoms with Gasteiger partial charge in [-0.3, -0.25) is 14.3 Å². The third-order valence-electron chi connectivity index (χ3n) is 5.96. The van der Waals surface area contributed by atoms with Gasteiger partial charge in [-0.25, -0.2) is 4.79 Å². The van der Waals surface area contributed by atoms with Crippen LogP contribution in [0.15, 0.2) is 60.9 Å². The maximum absolute atomic E-state index is 12.4. The lowest BCUT2D eigenvalue weighted by molar-refractivity contribution is -0.137. The second-order valence-electron chi connectivity index (χ2n) is 8.63. The molecule has 0 saturated carbocycles. The standard InChI is InChI=1S/C26H28N4O5/c1-17(7-6-12-24(31)29-18-13-27-30(14-18)15-25(32)33)28-26(34)35-16-23-21-10-4-2-8-19(21)20-9-3-5-11-22(20)23/h2-5,8-11,13-14,17,23H,6-7,12,15-16H2,1H3,(H,28,34)(H,29,31)(H,32,33). The number of carboxylic acids is 1. The van der Waals surface area contributed by atoms with E-state index in [2.05, 4.69) is 40.0 Å². The van der Waals surface area contributed by atoms with E-state index in [1.165, 1.54) is 28.2 Å². The van der Waals surface area contributed by atoms with Gasteiger partial charge in [-0.1, -0.05) is 48.5 Å². The van der Waals surface area contributed by atoms with Crippen LogP contribution < -0.4 is 10.6 Å². The summed E-state index contributed by atoms with van der Waals surface area (Å²) in [6, 6.07) is 16.2. The number of hydrogen-bond acceptors (Lipinski definition) is 5. The lowest BCUT2D eigenvalue weighted by Crippen LogP contribution is -2.34. The molecule has 35 heavy (non-hydrogen) atoms. The number of fused-ring (bicyclic) bond motifs is 3. The van der Waals surface area contributed by atoms with Crippen molar-refractivity contribution in [1.29, 1.82) is 0 Å². The van der Waals surface area contributed by atoms with Gasteiger partial charge in [0.25, 0.3) is 0 Å². The molecule has 1 aliphatic rings. The van der Waals surface area contributed by atoms with Crippen LogP contribution in [-0.2, 0) is 20.9 Å². The van der Waals surface area contributed by atoms with Crippen LogP contribution in [0, 0.1) is 0 Å². The van der Waals surface area contributed by atoms with Crippen LogP contribution in [0.3, 0.4) is 0 Å². The van der Waals surface area contributed by atoms with Gasteiger partial charge in [0, 0.05) is 24.6 Å². The van der Waals surface area contributed by atoms with Crippen LogP contribution in [0.1, 0.15) is 43.2 Å². The fraction of sp³-hybridized carbons (Fsp3) is 0.308. The average Bonchev–Trinajstić information content (AvgIpc) is 3.39. The summed E-state index contributed by atoms with van der Waals surface area (Å²) in [6.45, 7) is 1.86. The highest BCUT2D eigenvalue weighted by Crippen LogP contribution is 2.44. The van der Waals surface area contributed by atoms with Crippen molar-refractivity contribution in [3.05, 3.63) is 72.1 Å². The summed E-state index contributed by atoms with van der Waals surface area (Å²) in [6.07, 6.45) is 3.83. The van der Waals surface area contributed by atoms with E-state index >= 15 is 0 Å². The number of nitrogens with zero attached hydrogens (tertiary/aromatic N) is 2. The van der Waals surface area contributed by atoms with E-state index in [1.54, 1.807) is 0 Å². The number of hydrogen-bond donors (Lipinski definition) is 3. The summed E-state index contributed by atoms with van der Waals surface area (Å²) in [5, 5.41) is 18.2. The van der Waals surface area contributed by atoms with Crippen molar-refractivity contribution in [2.75, 3.05) is 11.9 Å². The molecule has 2 aromatic carbocycles. The molecule has 0 aliphatic heterocycles. The predicted octanol–water partition coefficient (Wildman–Crippen LogP) is 4.00. The van der Waals surface area contributed by atoms with Gasteiger partial charge in [-0.05, 0) is 42.0 Å². The van der Waals surface area contributed by atoms with Crippen molar-refractivity contribution >= 4 is 23.7 Å². The van der Waals surface area contributed by atoms with Crippen molar-refractivity contribution in [2.45, 2.75) is 44.7 Å². The molecule has 0 fully saturated rings. The lowest BCUT2D eigenvalue weighted by atomic mass is 9.98. The van der Waals surface area contributed by atoms with Crippen molar-refractivity contribution in [3.63, 3.8) is 0 Å². The van der Waals surface area contributed by atoms with Gasteiger partial charge in [0.1, 0.15) is 13.2 Å². The van der Waals surface area contributed by atoms with Gasteiger partial charge in [0.05, 0.1) is 11.9 Å². The second kappa shape index (κ2) is 10.9. The Morgan fingerprint density at radius 1 is 1.09 bits per heavy atom. The number of rotatable bonds is 10. The van der Waals surface area contributed by atoms with Crippen molar-refractivity contribution in [2.24, 2.45) is 0 Å². The molecule has 4 rings (SSSR count). The molecular formula is C26H28N4O5. The summed E-state index contributed by atoms with van der Waals surface area (Å²) < 4.78 is 6.80. The van der Waals surface area contributed by atoms with Crippen molar-refractivity contribution in [3.8, 4) is 11.1 Å². The number of aliphatic carboxylic acids is 1. The second-order valence-corrected chi connectivity index (χ2v) is 8.63. The smallest absolute Gasteiger partial charge is 0.407 e. The number of carbonyl (C=O) groups is 3. The number of anilines is 1. The number of nitrogens with one attached hydrogen (secondary N) is 2. The molecule has 3 N–H and O–H groups in total. The number of aromatic nitrogens is 2. The van der Waals surface area contributed by atoms with E-state index in [0.717, 1.165) is 11.1 Å². The molecule has 1 heterocycles. The van der Waals surface area contributed by atoms with Crippen LogP contribution >= 0.6 is 0 Å². The first-order valence-electron chi connectivity index (χ1n) is 11.6. The Balaban J connectivity index is 1.19. The van der Waals surface area contributed by atoms with E-state index in [0.29, 0.717) is 18.5 Å². The number of carbonyl (C=O) groups excluding carboxylic acids is 2. The SMILES string of the molecule is CC(CCCC(=O)Nc1cnn(CC(=O)O)c1)NC(=O)OCC1c2ccccc2-c2ccccc21. The highest BCUT2D eigenvalue weighted by molar-refractivity contribution is 5.90. The fourth-order valence-electron chi connectivity index (χ4n) is 4.36. The molecule has 1 aromatic heterocycles. The topological polar surface area (TPSA) is 123 Å². The molecule has 0 saturated heterocycles. The summed E-state index contributed by atoms with van der Waals surface area (Å²) >= 11 is 0. The van der Waals surface area contributed by atoms with Gasteiger partial charge in [0.15, 0.2) is 0 Å². The Bertz CT molecular complexity index is 1180. The normalized spacial score (nSPS) is 12.9. The molecule has 2 amide bonds. The third-order valence-corrected chi connectivity index (χ3v) is 5.96. The zero-order valence-corrected chi connectivity index (χ0v) is 19.4. The Kier molecular flexibility index (Phi) is 7.45. The predicted molar refractivity (Wildman–Crippen MR) is 130 cm³/mol. The lowest BCUT2D eigenvalue weighted by Gasteiger charge is -2.17. The highest BCUT2D eigenvalue weighted by atomic mass is 16.5. The largest absolute Gasteiger partial charge is 0.480 e. The summed E-state index contributed by atoms with van der Waals surface area (Å²) in [4.78, 5) is 35.2. The zero-order chi connectivity index (χ0) is 24.8. The summed E-state index contributed by atoms with van der Waals surface area (Å²) in [5.41, 5.74) is 5.13. The summed E-state index contributed by atoms with van der Waals surface area (Å²) in [5.74, 6) is -1.20. The monoisotopic (exact) mass is 476 g/mol. The van der Waals surface area contributed by atoms with E-state index in [4.69, 9.17) is 9.84 Å². The molecule has 0 bridgehead atoms. The minimum atomic E-state index is -1.01. The molecule has 1 aliphatic carbocycles. The molecule has 9 heteroatoms. The molecular weight excluding hydrogens is 448 g/mol. The highest BCUT2D eigenvalue weighted by Gasteiger charge is 2.29. The molecule has 1 atom stereocenters. The Morgan fingerprint density at radius 3 is 2.40 bits per heavy atom. The Hall–Kier alpha value is -4.14. The molecule has 0 radical (unpaired) electrons. The van der Waals surface area contributed by atoms with Crippen LogP contribution in [-0.4, -0.2) is 45.5 Å². The minimum Gasteiger partial charge on any atom is -0.480 e. The molecule has 3 aromatic rings. The Morgan fingerprint density at radius 2 is 1.74 bits per heavy atom. The van der Waals surface area contributed by atoms with Crippen molar-refractivity contribution < 1.29 is 24.2 Å². The molecule has 0 spiro atoms. The van der Waals surface area contributed by atoms with Crippen molar-refractivity contribution in [1.82, 2.24) is 15.1 Å². The average molecular weight is 477 g/mol. The fourth-order valence-corrected chi connectivity index (χ4v) is 4.36. The van der Waals surface area contributed by atoms with Gasteiger partial charge in [-0.15, -0.1) is 0 Å². The molecule has 182 valence electrons. The zero-order valence-electron chi connectivity index (χ0n) is 19.4. The van der Waals surface area contributed by atoms with E-state index < -0.39 is 12.1 Å². The van der Waals surface area contributed by atoms with Gasteiger partial charge in [0.2, 0.25) is 5.91 Å². The maximum Gasteiger partial charge on any atom is 0.407 e. The maximum atomic E-state index is 12.4. The first-order valence-corrected chi connectivity index (χ1v) is 11.6. The molecule has 9 nitrogen and oxygen atoms in total. The van der Waals surface area contributed by atoms with Crippen LogP contribution in [0.2, 0.25) is 0 Å². The van der Waals surface area contributed by atoms with E-state index in [9.17, 15) is 14.4 Å². The van der Waals surface area contributed by atoms with Crippen LogP contribution in [0.4, 0.5) is 10.5 Å². The first-order chi connectivity index (χ1) is 16.9. The minimum absolute atomic E-state index is 0.00649. The third kappa shape index (κ3) is 6.06. The molecule has 1 unspecified atom stereocenters. The van der Waals surface area contributed by atoms with E-state index in [-0.39, 0.29) is 37.4 Å². The number of ether oxygens (including phenoxy) is 1. The number of carboxylic acid groups (broad SMARTS) is 1. The van der Waals surface area contributed by atoms with E-state index in [1.807, 2.05) is 31.2 Å². The van der Waals surface area contributed by atoms with Crippen LogP contribution in [0.25, 0.3) is 11.1 Å². The van der Waals surface area contributed by atoms with Crippen LogP contribution in [0.5, 0.6) is 0 Å².